The van der Waals surface area contributed by atoms with Gasteiger partial charge >= 0.3 is 0 Å². The van der Waals surface area contributed by atoms with Gasteiger partial charge in [0.1, 0.15) is 0 Å². The van der Waals surface area contributed by atoms with Crippen molar-refractivity contribution in [2.75, 3.05) is 13.7 Å². The first kappa shape index (κ1) is 16.0. The molecule has 3 atom stereocenters. The third-order valence-electron chi connectivity index (χ3n) is 4.44. The zero-order chi connectivity index (χ0) is 13.6. The molecule has 0 amide bonds. The monoisotopic (exact) mass is 255 g/mol. The molecular formula is C16H33NO. The Labute approximate surface area is 114 Å². The molecule has 0 aliphatic heterocycles. The Morgan fingerprint density at radius 1 is 1.33 bits per heavy atom. The standard InChI is InChI=1S/C16H33NO/c1-6-18-16(11-7-8-14(4)12-16)15(17-5)10-9-13(2)3/h13-15,17H,6-12H2,1-5H3. The predicted octanol–water partition coefficient (Wildman–Crippen LogP) is 4.00. The molecule has 0 bridgehead atoms. The van der Waals surface area contributed by atoms with E-state index in [1.807, 2.05) is 0 Å². The molecule has 0 heterocycles. The quantitative estimate of drug-likeness (QED) is 0.742. The molecule has 0 radical (unpaired) electrons. The predicted molar refractivity (Wildman–Crippen MR) is 78.9 cm³/mol. The number of likely N-dealkylation sites (N-methyl/N-ethyl adjacent to an activating group) is 1. The van der Waals surface area contributed by atoms with Gasteiger partial charge in [0.05, 0.1) is 5.60 Å². The molecule has 0 aromatic carbocycles. The van der Waals surface area contributed by atoms with Gasteiger partial charge in [-0.05, 0) is 51.5 Å². The first-order valence-corrected chi connectivity index (χ1v) is 7.85. The van der Waals surface area contributed by atoms with Crippen molar-refractivity contribution in [1.29, 1.82) is 0 Å². The molecule has 0 aromatic rings. The average molecular weight is 255 g/mol. The summed E-state index contributed by atoms with van der Waals surface area (Å²) in [4.78, 5) is 0. The number of hydrogen-bond donors (Lipinski definition) is 1. The van der Waals surface area contributed by atoms with Gasteiger partial charge in [-0.25, -0.2) is 0 Å². The highest BCUT2D eigenvalue weighted by atomic mass is 16.5. The van der Waals surface area contributed by atoms with E-state index in [2.05, 4.69) is 40.1 Å². The number of rotatable bonds is 7. The Morgan fingerprint density at radius 3 is 2.56 bits per heavy atom. The van der Waals surface area contributed by atoms with Crippen molar-refractivity contribution in [3.63, 3.8) is 0 Å². The minimum Gasteiger partial charge on any atom is -0.374 e. The van der Waals surface area contributed by atoms with Gasteiger partial charge < -0.3 is 10.1 Å². The highest BCUT2D eigenvalue weighted by Crippen LogP contribution is 2.39. The molecule has 0 spiro atoms. The van der Waals surface area contributed by atoms with Crippen LogP contribution < -0.4 is 5.32 Å². The van der Waals surface area contributed by atoms with Gasteiger partial charge in [0, 0.05) is 12.6 Å². The lowest BCUT2D eigenvalue weighted by Crippen LogP contribution is -2.54. The van der Waals surface area contributed by atoms with Gasteiger partial charge in [0.25, 0.3) is 0 Å². The van der Waals surface area contributed by atoms with E-state index in [-0.39, 0.29) is 5.60 Å². The SMILES string of the molecule is CCOC1(C(CCC(C)C)NC)CCCC(C)C1. The first-order chi connectivity index (χ1) is 8.54. The Kier molecular flexibility index (Phi) is 6.65. The van der Waals surface area contributed by atoms with Crippen LogP contribution >= 0.6 is 0 Å². The van der Waals surface area contributed by atoms with Crippen LogP contribution in [0.5, 0.6) is 0 Å². The van der Waals surface area contributed by atoms with Crippen molar-refractivity contribution in [1.82, 2.24) is 5.32 Å². The molecule has 2 nitrogen and oxygen atoms in total. The summed E-state index contributed by atoms with van der Waals surface area (Å²) in [6, 6.07) is 0.516. The van der Waals surface area contributed by atoms with Crippen molar-refractivity contribution >= 4 is 0 Å². The van der Waals surface area contributed by atoms with Crippen LogP contribution in [0.15, 0.2) is 0 Å². The first-order valence-electron chi connectivity index (χ1n) is 7.85. The highest BCUT2D eigenvalue weighted by molar-refractivity contribution is 4.96. The molecule has 18 heavy (non-hydrogen) atoms. The van der Waals surface area contributed by atoms with Crippen LogP contribution in [0, 0.1) is 11.8 Å². The van der Waals surface area contributed by atoms with Crippen LogP contribution in [0.25, 0.3) is 0 Å². The van der Waals surface area contributed by atoms with Crippen molar-refractivity contribution in [3.05, 3.63) is 0 Å². The Balaban J connectivity index is 2.72. The van der Waals surface area contributed by atoms with E-state index in [0.29, 0.717) is 6.04 Å². The maximum Gasteiger partial charge on any atom is 0.0837 e. The summed E-state index contributed by atoms with van der Waals surface area (Å²) in [7, 11) is 2.10. The van der Waals surface area contributed by atoms with Gasteiger partial charge in [-0.2, -0.15) is 0 Å². The van der Waals surface area contributed by atoms with Crippen LogP contribution in [0.3, 0.4) is 0 Å². The maximum atomic E-state index is 6.26. The summed E-state index contributed by atoms with van der Waals surface area (Å²) in [6.45, 7) is 9.97. The second-order valence-corrected chi connectivity index (χ2v) is 6.51. The lowest BCUT2D eigenvalue weighted by molar-refractivity contribution is -0.101. The molecule has 0 saturated heterocycles. The molecular weight excluding hydrogens is 222 g/mol. The second-order valence-electron chi connectivity index (χ2n) is 6.51. The van der Waals surface area contributed by atoms with E-state index >= 15 is 0 Å². The lowest BCUT2D eigenvalue weighted by atomic mass is 9.73. The highest BCUT2D eigenvalue weighted by Gasteiger charge is 2.41. The van der Waals surface area contributed by atoms with Gasteiger partial charge in [-0.1, -0.05) is 33.6 Å². The summed E-state index contributed by atoms with van der Waals surface area (Å²) in [5.74, 6) is 1.58. The van der Waals surface area contributed by atoms with E-state index in [1.165, 1.54) is 38.5 Å². The minimum absolute atomic E-state index is 0.0933. The fraction of sp³-hybridized carbons (Fsp3) is 1.00. The summed E-state index contributed by atoms with van der Waals surface area (Å²) < 4.78 is 6.26. The number of nitrogens with one attached hydrogen (secondary N) is 1. The van der Waals surface area contributed by atoms with Crippen LogP contribution in [-0.2, 0) is 4.74 Å². The fourth-order valence-corrected chi connectivity index (χ4v) is 3.55. The van der Waals surface area contributed by atoms with Gasteiger partial charge in [0.2, 0.25) is 0 Å². The molecule has 1 N–H and O–H groups in total. The van der Waals surface area contributed by atoms with Crippen LogP contribution in [0.4, 0.5) is 0 Å². The summed E-state index contributed by atoms with van der Waals surface area (Å²) in [5.41, 5.74) is 0.0933. The largest absolute Gasteiger partial charge is 0.374 e. The number of ether oxygens (including phenoxy) is 1. The molecule has 108 valence electrons. The normalized spacial score (nSPS) is 30.7. The smallest absolute Gasteiger partial charge is 0.0837 e. The van der Waals surface area contributed by atoms with Crippen LogP contribution in [0.1, 0.15) is 66.2 Å². The third-order valence-corrected chi connectivity index (χ3v) is 4.44. The van der Waals surface area contributed by atoms with Crippen molar-refractivity contribution in [3.8, 4) is 0 Å². The van der Waals surface area contributed by atoms with E-state index in [4.69, 9.17) is 4.74 Å². The zero-order valence-electron chi connectivity index (χ0n) is 13.1. The van der Waals surface area contributed by atoms with E-state index in [0.717, 1.165) is 18.4 Å². The molecule has 2 heteroatoms. The van der Waals surface area contributed by atoms with Crippen LogP contribution in [0.2, 0.25) is 0 Å². The molecule has 3 unspecified atom stereocenters. The van der Waals surface area contributed by atoms with E-state index in [9.17, 15) is 0 Å². The summed E-state index contributed by atoms with van der Waals surface area (Å²) >= 11 is 0. The molecule has 1 saturated carbocycles. The molecule has 0 aromatic heterocycles. The molecule has 1 aliphatic carbocycles. The molecule has 1 aliphatic rings. The fourth-order valence-electron chi connectivity index (χ4n) is 3.55. The van der Waals surface area contributed by atoms with Crippen molar-refractivity contribution in [2.24, 2.45) is 11.8 Å². The molecule has 1 fully saturated rings. The summed E-state index contributed by atoms with van der Waals surface area (Å²) in [5, 5.41) is 3.55. The average Bonchev–Trinajstić information content (AvgIpc) is 2.29. The van der Waals surface area contributed by atoms with Gasteiger partial charge in [-0.15, -0.1) is 0 Å². The van der Waals surface area contributed by atoms with E-state index in [1.54, 1.807) is 0 Å². The van der Waals surface area contributed by atoms with Crippen molar-refractivity contribution in [2.45, 2.75) is 77.9 Å². The maximum absolute atomic E-state index is 6.26. The van der Waals surface area contributed by atoms with E-state index < -0.39 is 0 Å². The Morgan fingerprint density at radius 2 is 2.06 bits per heavy atom. The number of hydrogen-bond acceptors (Lipinski definition) is 2. The van der Waals surface area contributed by atoms with Crippen LogP contribution in [-0.4, -0.2) is 25.3 Å². The third kappa shape index (κ3) is 4.24. The van der Waals surface area contributed by atoms with Gasteiger partial charge in [0.15, 0.2) is 0 Å². The zero-order valence-corrected chi connectivity index (χ0v) is 13.1. The lowest BCUT2D eigenvalue weighted by Gasteiger charge is -2.45. The summed E-state index contributed by atoms with van der Waals surface area (Å²) in [6.07, 6.45) is 7.67. The minimum atomic E-state index is 0.0933. The second kappa shape index (κ2) is 7.49. The van der Waals surface area contributed by atoms with Crippen molar-refractivity contribution < 1.29 is 4.74 Å². The van der Waals surface area contributed by atoms with Gasteiger partial charge in [-0.3, -0.25) is 0 Å². The topological polar surface area (TPSA) is 21.3 Å². The Bertz CT molecular complexity index is 225. The molecule has 1 rings (SSSR count). The Hall–Kier alpha value is -0.0800.